The first-order valence-corrected chi connectivity index (χ1v) is 10.4. The van der Waals surface area contributed by atoms with Crippen LogP contribution in [0.2, 0.25) is 0 Å². The number of amides is 1. The minimum atomic E-state index is -0.851. The highest BCUT2D eigenvalue weighted by atomic mass is 16.2. The minimum Gasteiger partial charge on any atom is -0.339 e. The lowest BCUT2D eigenvalue weighted by molar-refractivity contribution is -0.119. The first-order valence-electron chi connectivity index (χ1n) is 10.4. The summed E-state index contributed by atoms with van der Waals surface area (Å²) in [4.78, 5) is 35.6. The molecule has 1 aromatic rings. The summed E-state index contributed by atoms with van der Waals surface area (Å²) in [6, 6.07) is 2.48. The van der Waals surface area contributed by atoms with E-state index in [1.807, 2.05) is 0 Å². The largest absolute Gasteiger partial charge is 0.339 e. The van der Waals surface area contributed by atoms with Crippen molar-refractivity contribution in [2.24, 2.45) is 11.8 Å². The number of carbonyl (C=O) groups excluding carboxylic acids is 1. The van der Waals surface area contributed by atoms with Gasteiger partial charge in [-0.15, -0.1) is 0 Å². The van der Waals surface area contributed by atoms with Gasteiger partial charge in [0.05, 0.1) is 11.6 Å². The number of nitrogens with zero attached hydrogens (tertiary/aromatic N) is 3. The third kappa shape index (κ3) is 3.21. The third-order valence-corrected chi connectivity index (χ3v) is 6.49. The Bertz CT molecular complexity index is 884. The monoisotopic (exact) mass is 381 g/mol. The number of hydrogen-bond donors (Lipinski definition) is 2. The maximum atomic E-state index is 13.1. The Kier molecular flexibility index (Phi) is 5.21. The fraction of sp³-hybridized carbons (Fsp3) is 0.619. The lowest BCUT2D eigenvalue weighted by Gasteiger charge is -2.37. The van der Waals surface area contributed by atoms with Gasteiger partial charge in [0.2, 0.25) is 11.9 Å². The molecule has 3 aliphatic rings. The van der Waals surface area contributed by atoms with E-state index < -0.39 is 11.8 Å². The van der Waals surface area contributed by atoms with Gasteiger partial charge in [-0.25, -0.2) is 0 Å². The predicted molar refractivity (Wildman–Crippen MR) is 107 cm³/mol. The van der Waals surface area contributed by atoms with Crippen molar-refractivity contribution < 1.29 is 4.79 Å². The number of nitriles is 1. The van der Waals surface area contributed by atoms with Gasteiger partial charge >= 0.3 is 0 Å². The normalized spacial score (nSPS) is 29.7. The number of nitrogens with one attached hydrogen (secondary N) is 2. The van der Waals surface area contributed by atoms with Gasteiger partial charge in [-0.1, -0.05) is 19.1 Å². The van der Waals surface area contributed by atoms with Crippen molar-refractivity contribution in [2.75, 3.05) is 16.8 Å². The second kappa shape index (κ2) is 7.78. The van der Waals surface area contributed by atoms with E-state index in [0.717, 1.165) is 45.1 Å². The number of anilines is 2. The molecule has 0 aromatic carbocycles. The SMILES string of the molecule is CCC1CCCCN1c1nc2c(c(=O)[nH]1)C(C1CC=CCC1)C(C#N)C(=O)N2. The highest BCUT2D eigenvalue weighted by Gasteiger charge is 2.43. The molecule has 0 radical (unpaired) electrons. The zero-order valence-electron chi connectivity index (χ0n) is 16.3. The minimum absolute atomic E-state index is 0.103. The van der Waals surface area contributed by atoms with Gasteiger partial charge in [0.25, 0.3) is 5.56 Å². The summed E-state index contributed by atoms with van der Waals surface area (Å²) in [5.74, 6) is -0.622. The molecule has 4 rings (SSSR count). The molecule has 7 nitrogen and oxygen atoms in total. The number of aromatic amines is 1. The summed E-state index contributed by atoms with van der Waals surface area (Å²) < 4.78 is 0. The van der Waals surface area contributed by atoms with Gasteiger partial charge in [0.1, 0.15) is 11.7 Å². The number of piperidine rings is 1. The standard InChI is InChI=1S/C21H27N5O2/c1-2-14-10-6-7-11-26(14)21-24-18-17(20(28)25-21)16(13-8-4-3-5-9-13)15(12-22)19(27)23-18/h3-4,13-16H,2,5-11H2,1H3,(H2,23,24,25,27,28). The van der Waals surface area contributed by atoms with E-state index in [9.17, 15) is 14.9 Å². The molecule has 0 saturated carbocycles. The molecule has 2 aliphatic heterocycles. The Hall–Kier alpha value is -2.62. The molecule has 1 saturated heterocycles. The molecular weight excluding hydrogens is 354 g/mol. The van der Waals surface area contributed by atoms with Gasteiger partial charge in [0.15, 0.2) is 0 Å². The molecule has 28 heavy (non-hydrogen) atoms. The molecular formula is C21H27N5O2. The number of rotatable bonds is 3. The first-order chi connectivity index (χ1) is 13.6. The van der Waals surface area contributed by atoms with E-state index in [-0.39, 0.29) is 17.4 Å². The van der Waals surface area contributed by atoms with Crippen LogP contribution in [0.5, 0.6) is 0 Å². The smallest absolute Gasteiger partial charge is 0.257 e. The Morgan fingerprint density at radius 2 is 2.14 bits per heavy atom. The molecule has 148 valence electrons. The van der Waals surface area contributed by atoms with Crippen LogP contribution in [0, 0.1) is 23.2 Å². The van der Waals surface area contributed by atoms with Crippen molar-refractivity contribution >= 4 is 17.7 Å². The van der Waals surface area contributed by atoms with Crippen LogP contribution in [-0.2, 0) is 4.79 Å². The van der Waals surface area contributed by atoms with Crippen LogP contribution in [0.25, 0.3) is 0 Å². The van der Waals surface area contributed by atoms with E-state index in [1.54, 1.807) is 0 Å². The Labute approximate surface area is 164 Å². The third-order valence-electron chi connectivity index (χ3n) is 6.49. The van der Waals surface area contributed by atoms with Crippen molar-refractivity contribution in [3.63, 3.8) is 0 Å². The van der Waals surface area contributed by atoms with Crippen LogP contribution in [0.4, 0.5) is 11.8 Å². The van der Waals surface area contributed by atoms with Gasteiger partial charge in [-0.05, 0) is 50.9 Å². The molecule has 2 N–H and O–H groups in total. The number of aromatic nitrogens is 2. The molecule has 1 aliphatic carbocycles. The molecule has 1 aromatic heterocycles. The Morgan fingerprint density at radius 3 is 2.86 bits per heavy atom. The van der Waals surface area contributed by atoms with Gasteiger partial charge in [-0.2, -0.15) is 10.2 Å². The van der Waals surface area contributed by atoms with Crippen LogP contribution < -0.4 is 15.8 Å². The quantitative estimate of drug-likeness (QED) is 0.784. The topological polar surface area (TPSA) is 102 Å². The van der Waals surface area contributed by atoms with Crippen LogP contribution in [0.3, 0.4) is 0 Å². The number of hydrogen-bond acceptors (Lipinski definition) is 5. The summed E-state index contributed by atoms with van der Waals surface area (Å²) in [5.41, 5.74) is 0.250. The predicted octanol–water partition coefficient (Wildman–Crippen LogP) is 3.07. The molecule has 0 spiro atoms. The molecule has 1 amide bonds. The van der Waals surface area contributed by atoms with E-state index in [1.165, 1.54) is 6.42 Å². The zero-order valence-corrected chi connectivity index (χ0v) is 16.3. The van der Waals surface area contributed by atoms with Crippen molar-refractivity contribution in [1.29, 1.82) is 5.26 Å². The van der Waals surface area contributed by atoms with Crippen LogP contribution >= 0.6 is 0 Å². The maximum Gasteiger partial charge on any atom is 0.257 e. The van der Waals surface area contributed by atoms with E-state index in [2.05, 4.69) is 45.3 Å². The van der Waals surface area contributed by atoms with Gasteiger partial charge in [-0.3, -0.25) is 14.6 Å². The molecule has 4 atom stereocenters. The highest BCUT2D eigenvalue weighted by Crippen LogP contribution is 2.43. The lowest BCUT2D eigenvalue weighted by Crippen LogP contribution is -2.44. The number of fused-ring (bicyclic) bond motifs is 1. The van der Waals surface area contributed by atoms with E-state index in [4.69, 9.17) is 0 Å². The van der Waals surface area contributed by atoms with E-state index >= 15 is 0 Å². The van der Waals surface area contributed by atoms with Crippen LogP contribution in [0.1, 0.15) is 63.4 Å². The maximum absolute atomic E-state index is 13.1. The van der Waals surface area contributed by atoms with E-state index in [0.29, 0.717) is 23.4 Å². The number of carbonyl (C=O) groups is 1. The average molecular weight is 381 g/mol. The molecule has 7 heteroatoms. The molecule has 4 unspecified atom stereocenters. The highest BCUT2D eigenvalue weighted by molar-refractivity contribution is 5.97. The second-order valence-electron chi connectivity index (χ2n) is 8.07. The van der Waals surface area contributed by atoms with Crippen LogP contribution in [-0.4, -0.2) is 28.5 Å². The zero-order chi connectivity index (χ0) is 19.7. The summed E-state index contributed by atoms with van der Waals surface area (Å²) in [6.07, 6.45) is 11.1. The van der Waals surface area contributed by atoms with Crippen molar-refractivity contribution in [3.05, 3.63) is 28.1 Å². The summed E-state index contributed by atoms with van der Waals surface area (Å²) >= 11 is 0. The Balaban J connectivity index is 1.77. The van der Waals surface area contributed by atoms with Crippen LogP contribution in [0.15, 0.2) is 16.9 Å². The van der Waals surface area contributed by atoms with Crippen molar-refractivity contribution in [1.82, 2.24) is 9.97 Å². The van der Waals surface area contributed by atoms with Crippen molar-refractivity contribution in [2.45, 2.75) is 63.8 Å². The summed E-state index contributed by atoms with van der Waals surface area (Å²) in [6.45, 7) is 3.00. The average Bonchev–Trinajstić information content (AvgIpc) is 2.73. The van der Waals surface area contributed by atoms with Gasteiger partial charge in [0, 0.05) is 18.5 Å². The summed E-state index contributed by atoms with van der Waals surface area (Å²) in [5, 5.41) is 12.4. The second-order valence-corrected chi connectivity index (χ2v) is 8.07. The Morgan fingerprint density at radius 1 is 1.29 bits per heavy atom. The first kappa shape index (κ1) is 18.7. The van der Waals surface area contributed by atoms with Gasteiger partial charge < -0.3 is 10.2 Å². The summed E-state index contributed by atoms with van der Waals surface area (Å²) in [7, 11) is 0. The van der Waals surface area contributed by atoms with Crippen molar-refractivity contribution in [3.8, 4) is 6.07 Å². The number of H-pyrrole nitrogens is 1. The lowest BCUT2D eigenvalue weighted by atomic mass is 9.71. The fourth-order valence-corrected chi connectivity index (χ4v) is 5.03. The molecule has 0 bridgehead atoms. The molecule has 3 heterocycles. The fourth-order valence-electron chi connectivity index (χ4n) is 5.03. The number of allylic oxidation sites excluding steroid dienone is 2. The molecule has 1 fully saturated rings.